The number of hydrogen-bond donors (Lipinski definition) is 0. The van der Waals surface area contributed by atoms with Gasteiger partial charge in [-0.25, -0.2) is 0 Å². The number of carbonyl (C=O) groups excluding carboxylic acids is 2. The first-order valence-electron chi connectivity index (χ1n) is 6.14. The lowest BCUT2D eigenvalue weighted by atomic mass is 9.61. The fraction of sp³-hybridized carbons (Fsp3) is 0.857. The molecule has 1 aliphatic carbocycles. The average molecular weight is 224 g/mol. The minimum atomic E-state index is -0.318. The molecule has 2 nitrogen and oxygen atoms in total. The van der Waals surface area contributed by atoms with E-state index in [0.29, 0.717) is 0 Å². The fourth-order valence-electron chi connectivity index (χ4n) is 2.24. The molecule has 1 fully saturated rings. The Labute approximate surface area is 98.8 Å². The second-order valence-corrected chi connectivity index (χ2v) is 7.02. The Morgan fingerprint density at radius 1 is 0.750 bits per heavy atom. The van der Waals surface area contributed by atoms with Crippen molar-refractivity contribution in [3.63, 3.8) is 0 Å². The Kier molecular flexibility index (Phi) is 3.33. The topological polar surface area (TPSA) is 34.1 Å². The van der Waals surface area contributed by atoms with E-state index < -0.39 is 0 Å². The van der Waals surface area contributed by atoms with E-state index in [9.17, 15) is 9.59 Å². The molecule has 2 atom stereocenters. The molecule has 0 N–H and O–H groups in total. The first-order valence-corrected chi connectivity index (χ1v) is 6.14. The molecule has 92 valence electrons. The Balaban J connectivity index is 2.75. The molecule has 0 amide bonds. The summed E-state index contributed by atoms with van der Waals surface area (Å²) < 4.78 is 0. The molecule has 16 heavy (non-hydrogen) atoms. The second kappa shape index (κ2) is 3.97. The lowest BCUT2D eigenvalue weighted by Gasteiger charge is -2.40. The highest BCUT2D eigenvalue weighted by molar-refractivity contribution is 5.95. The summed E-state index contributed by atoms with van der Waals surface area (Å²) >= 11 is 0. The van der Waals surface area contributed by atoms with Gasteiger partial charge < -0.3 is 0 Å². The van der Waals surface area contributed by atoms with Crippen molar-refractivity contribution in [3.05, 3.63) is 0 Å². The highest BCUT2D eigenvalue weighted by atomic mass is 16.1. The van der Waals surface area contributed by atoms with Crippen molar-refractivity contribution in [2.24, 2.45) is 22.7 Å². The molecule has 1 aliphatic rings. The summed E-state index contributed by atoms with van der Waals surface area (Å²) in [6.07, 6.45) is 1.78. The van der Waals surface area contributed by atoms with Crippen molar-refractivity contribution in [1.29, 1.82) is 0 Å². The zero-order valence-corrected chi connectivity index (χ0v) is 11.4. The Hall–Kier alpha value is -0.660. The van der Waals surface area contributed by atoms with Crippen molar-refractivity contribution in [2.45, 2.75) is 54.4 Å². The molecule has 0 aromatic carbocycles. The van der Waals surface area contributed by atoms with Crippen LogP contribution in [0.15, 0.2) is 0 Å². The zero-order chi connectivity index (χ0) is 12.7. The molecule has 0 bridgehead atoms. The number of hydrogen-bond acceptors (Lipinski definition) is 2. The van der Waals surface area contributed by atoms with Gasteiger partial charge in [-0.2, -0.15) is 0 Å². The van der Waals surface area contributed by atoms with Gasteiger partial charge in [-0.1, -0.05) is 41.5 Å². The summed E-state index contributed by atoms with van der Waals surface area (Å²) in [5.41, 5.74) is -0.636. The van der Waals surface area contributed by atoms with E-state index in [1.54, 1.807) is 0 Å². The molecule has 0 spiro atoms. The Morgan fingerprint density at radius 2 is 1.00 bits per heavy atom. The first-order chi connectivity index (χ1) is 7.05. The highest BCUT2D eigenvalue weighted by Crippen LogP contribution is 2.42. The van der Waals surface area contributed by atoms with Crippen LogP contribution >= 0.6 is 0 Å². The number of rotatable bonds is 2. The minimum Gasteiger partial charge on any atom is -0.299 e. The molecule has 2 unspecified atom stereocenters. The van der Waals surface area contributed by atoms with Crippen LogP contribution in [0.2, 0.25) is 0 Å². The van der Waals surface area contributed by atoms with Gasteiger partial charge in [0.15, 0.2) is 0 Å². The average Bonchev–Trinajstić information content (AvgIpc) is 1.98. The quantitative estimate of drug-likeness (QED) is 0.721. The van der Waals surface area contributed by atoms with E-state index in [2.05, 4.69) is 0 Å². The molecular formula is C14H24O2. The first kappa shape index (κ1) is 13.4. The molecule has 0 saturated heterocycles. The number of carbonyl (C=O) groups is 2. The maximum absolute atomic E-state index is 12.1. The SMILES string of the molecule is CC(C)(C)C(=O)C1CCC1C(=O)C(C)(C)C. The van der Waals surface area contributed by atoms with Crippen molar-refractivity contribution in [1.82, 2.24) is 0 Å². The third-order valence-corrected chi connectivity index (χ3v) is 3.43. The molecule has 0 aromatic heterocycles. The lowest BCUT2D eigenvalue weighted by molar-refractivity contribution is -0.146. The highest BCUT2D eigenvalue weighted by Gasteiger charge is 2.46. The van der Waals surface area contributed by atoms with Gasteiger partial charge in [0.05, 0.1) is 0 Å². The van der Waals surface area contributed by atoms with Crippen LogP contribution in [0.3, 0.4) is 0 Å². The standard InChI is InChI=1S/C14H24O2/c1-13(2,3)11(15)9-7-8-10(9)12(16)14(4,5)6/h9-10H,7-8H2,1-6H3. The van der Waals surface area contributed by atoms with Crippen LogP contribution in [0.5, 0.6) is 0 Å². The van der Waals surface area contributed by atoms with Gasteiger partial charge in [0.25, 0.3) is 0 Å². The maximum Gasteiger partial charge on any atom is 0.141 e. The number of Topliss-reactive ketones (excluding diaryl/α,β-unsaturated/α-hetero) is 2. The molecule has 2 heteroatoms. The summed E-state index contributed by atoms with van der Waals surface area (Å²) in [4.78, 5) is 24.3. The summed E-state index contributed by atoms with van der Waals surface area (Å²) in [5.74, 6) is 0.459. The molecular weight excluding hydrogens is 200 g/mol. The van der Waals surface area contributed by atoms with Gasteiger partial charge in [0.1, 0.15) is 11.6 Å². The predicted octanol–water partition coefficient (Wildman–Crippen LogP) is 3.24. The van der Waals surface area contributed by atoms with E-state index in [-0.39, 0.29) is 34.2 Å². The third-order valence-electron chi connectivity index (χ3n) is 3.43. The summed E-state index contributed by atoms with van der Waals surface area (Å²) in [7, 11) is 0. The van der Waals surface area contributed by atoms with Gasteiger partial charge in [0.2, 0.25) is 0 Å². The van der Waals surface area contributed by atoms with Gasteiger partial charge in [-0.15, -0.1) is 0 Å². The smallest absolute Gasteiger partial charge is 0.141 e. The summed E-state index contributed by atoms with van der Waals surface area (Å²) in [5, 5.41) is 0. The second-order valence-electron chi connectivity index (χ2n) is 7.02. The van der Waals surface area contributed by atoms with Crippen LogP contribution in [0.4, 0.5) is 0 Å². The largest absolute Gasteiger partial charge is 0.299 e. The summed E-state index contributed by atoms with van der Waals surface area (Å²) in [6, 6.07) is 0. The molecule has 1 saturated carbocycles. The minimum absolute atomic E-state index is 0.0216. The van der Waals surface area contributed by atoms with Crippen molar-refractivity contribution in [2.75, 3.05) is 0 Å². The van der Waals surface area contributed by atoms with Crippen LogP contribution in [0.25, 0.3) is 0 Å². The lowest BCUT2D eigenvalue weighted by Crippen LogP contribution is -2.46. The van der Waals surface area contributed by atoms with Gasteiger partial charge in [-0.3, -0.25) is 9.59 Å². The van der Waals surface area contributed by atoms with E-state index in [4.69, 9.17) is 0 Å². The van der Waals surface area contributed by atoms with E-state index in [0.717, 1.165) is 12.8 Å². The maximum atomic E-state index is 12.1. The molecule has 0 radical (unpaired) electrons. The summed E-state index contributed by atoms with van der Waals surface area (Å²) in [6.45, 7) is 11.6. The van der Waals surface area contributed by atoms with Crippen LogP contribution in [0, 0.1) is 22.7 Å². The Bertz CT molecular complexity index is 270. The van der Waals surface area contributed by atoms with Gasteiger partial charge in [0, 0.05) is 22.7 Å². The van der Waals surface area contributed by atoms with Crippen molar-refractivity contribution < 1.29 is 9.59 Å². The van der Waals surface area contributed by atoms with E-state index in [1.165, 1.54) is 0 Å². The van der Waals surface area contributed by atoms with Gasteiger partial charge >= 0.3 is 0 Å². The molecule has 0 aromatic rings. The molecule has 0 aliphatic heterocycles. The Morgan fingerprint density at radius 3 is 1.12 bits per heavy atom. The van der Waals surface area contributed by atoms with E-state index in [1.807, 2.05) is 41.5 Å². The van der Waals surface area contributed by atoms with Crippen LogP contribution in [-0.4, -0.2) is 11.6 Å². The fourth-order valence-corrected chi connectivity index (χ4v) is 2.24. The van der Waals surface area contributed by atoms with Gasteiger partial charge in [-0.05, 0) is 12.8 Å². The molecule has 1 rings (SSSR count). The zero-order valence-electron chi connectivity index (χ0n) is 11.4. The van der Waals surface area contributed by atoms with Crippen LogP contribution in [0.1, 0.15) is 54.4 Å². The van der Waals surface area contributed by atoms with Crippen LogP contribution < -0.4 is 0 Å². The monoisotopic (exact) mass is 224 g/mol. The number of ketones is 2. The van der Waals surface area contributed by atoms with Crippen molar-refractivity contribution >= 4 is 11.6 Å². The predicted molar refractivity (Wildman–Crippen MR) is 65.1 cm³/mol. The molecule has 0 heterocycles. The van der Waals surface area contributed by atoms with Crippen molar-refractivity contribution in [3.8, 4) is 0 Å². The third kappa shape index (κ3) is 2.53. The van der Waals surface area contributed by atoms with Crippen LogP contribution in [-0.2, 0) is 9.59 Å². The van der Waals surface area contributed by atoms with E-state index >= 15 is 0 Å². The normalized spacial score (nSPS) is 26.1.